The van der Waals surface area contributed by atoms with E-state index in [9.17, 15) is 4.79 Å². The third-order valence-electron chi connectivity index (χ3n) is 2.43. The van der Waals surface area contributed by atoms with Gasteiger partial charge in [-0.2, -0.15) is 5.10 Å². The molecule has 2 rings (SSSR count). The fourth-order valence-electron chi connectivity index (χ4n) is 1.66. The Kier molecular flexibility index (Phi) is 3.27. The van der Waals surface area contributed by atoms with Crippen molar-refractivity contribution in [2.45, 2.75) is 13.5 Å². The monoisotopic (exact) mass is 245 g/mol. The van der Waals surface area contributed by atoms with E-state index in [2.05, 4.69) is 15.4 Å². The van der Waals surface area contributed by atoms with E-state index in [1.807, 2.05) is 19.3 Å². The first-order valence-electron chi connectivity index (χ1n) is 5.55. The molecule has 0 saturated carbocycles. The summed E-state index contributed by atoms with van der Waals surface area (Å²) in [5, 5.41) is 6.96. The van der Waals surface area contributed by atoms with Crippen molar-refractivity contribution < 1.29 is 4.79 Å². The number of hydrogen-bond donors (Lipinski definition) is 2. The molecule has 6 heteroatoms. The maximum Gasteiger partial charge on any atom is 0.251 e. The van der Waals surface area contributed by atoms with E-state index >= 15 is 0 Å². The highest BCUT2D eigenvalue weighted by atomic mass is 16.1. The molecular weight excluding hydrogens is 230 g/mol. The van der Waals surface area contributed by atoms with Crippen LogP contribution in [-0.2, 0) is 13.6 Å². The SMILES string of the molecule is Cc1cc(C(=O)NCc2ccn(C)n2)cc(N)n1. The molecule has 0 radical (unpaired) electrons. The van der Waals surface area contributed by atoms with E-state index in [1.165, 1.54) is 0 Å². The van der Waals surface area contributed by atoms with Crippen LogP contribution in [0.1, 0.15) is 21.7 Å². The molecular formula is C12H15N5O. The molecule has 18 heavy (non-hydrogen) atoms. The molecule has 0 atom stereocenters. The summed E-state index contributed by atoms with van der Waals surface area (Å²) in [6, 6.07) is 5.11. The minimum absolute atomic E-state index is 0.183. The molecule has 0 bridgehead atoms. The van der Waals surface area contributed by atoms with Crippen molar-refractivity contribution >= 4 is 11.7 Å². The minimum Gasteiger partial charge on any atom is -0.384 e. The lowest BCUT2D eigenvalue weighted by molar-refractivity contribution is 0.0950. The molecule has 0 fully saturated rings. The van der Waals surface area contributed by atoms with Gasteiger partial charge in [0.1, 0.15) is 5.82 Å². The van der Waals surface area contributed by atoms with Crippen LogP contribution < -0.4 is 11.1 Å². The predicted octanol–water partition coefficient (Wildman–Crippen LogP) is 0.636. The van der Waals surface area contributed by atoms with Gasteiger partial charge in [0.15, 0.2) is 0 Å². The number of carbonyl (C=O) groups is 1. The normalized spacial score (nSPS) is 10.3. The number of rotatable bonds is 3. The first kappa shape index (κ1) is 12.1. The van der Waals surface area contributed by atoms with Gasteiger partial charge in [-0.25, -0.2) is 4.98 Å². The van der Waals surface area contributed by atoms with Crippen LogP contribution in [0.15, 0.2) is 24.4 Å². The van der Waals surface area contributed by atoms with E-state index in [1.54, 1.807) is 23.7 Å². The molecule has 0 aliphatic rings. The number of amides is 1. The van der Waals surface area contributed by atoms with Crippen LogP contribution >= 0.6 is 0 Å². The van der Waals surface area contributed by atoms with Crippen molar-refractivity contribution in [3.63, 3.8) is 0 Å². The number of nitrogens with zero attached hydrogens (tertiary/aromatic N) is 3. The van der Waals surface area contributed by atoms with Crippen molar-refractivity contribution in [1.29, 1.82) is 0 Å². The fraction of sp³-hybridized carbons (Fsp3) is 0.250. The Hall–Kier alpha value is -2.37. The molecule has 0 aliphatic heterocycles. The number of hydrogen-bond acceptors (Lipinski definition) is 4. The summed E-state index contributed by atoms with van der Waals surface area (Å²) in [5.74, 6) is 0.163. The smallest absolute Gasteiger partial charge is 0.251 e. The van der Waals surface area contributed by atoms with Crippen LogP contribution in [-0.4, -0.2) is 20.7 Å². The average Bonchev–Trinajstić information content (AvgIpc) is 2.70. The number of aryl methyl sites for hydroxylation is 2. The van der Waals surface area contributed by atoms with Crippen molar-refractivity contribution in [3.8, 4) is 0 Å². The molecule has 3 N–H and O–H groups in total. The number of nitrogens with one attached hydrogen (secondary N) is 1. The second kappa shape index (κ2) is 4.87. The molecule has 0 saturated heterocycles. The van der Waals surface area contributed by atoms with Crippen LogP contribution in [0.25, 0.3) is 0 Å². The summed E-state index contributed by atoms with van der Waals surface area (Å²) in [7, 11) is 1.83. The van der Waals surface area contributed by atoms with Crippen LogP contribution in [0.4, 0.5) is 5.82 Å². The van der Waals surface area contributed by atoms with Crippen molar-refractivity contribution in [2.75, 3.05) is 5.73 Å². The molecule has 2 aromatic rings. The van der Waals surface area contributed by atoms with Crippen LogP contribution in [0.5, 0.6) is 0 Å². The molecule has 0 aromatic carbocycles. The topological polar surface area (TPSA) is 85.8 Å². The molecule has 94 valence electrons. The van der Waals surface area contributed by atoms with E-state index in [-0.39, 0.29) is 5.91 Å². The Balaban J connectivity index is 2.03. The number of nitrogens with two attached hydrogens (primary N) is 1. The van der Waals surface area contributed by atoms with Gasteiger partial charge in [0.2, 0.25) is 0 Å². The maximum absolute atomic E-state index is 11.9. The summed E-state index contributed by atoms with van der Waals surface area (Å²) in [6.45, 7) is 2.19. The third-order valence-corrected chi connectivity index (χ3v) is 2.43. The molecule has 0 spiro atoms. The first-order chi connectivity index (χ1) is 8.54. The highest BCUT2D eigenvalue weighted by molar-refractivity contribution is 5.94. The largest absolute Gasteiger partial charge is 0.384 e. The Morgan fingerprint density at radius 1 is 1.50 bits per heavy atom. The van der Waals surface area contributed by atoms with E-state index < -0.39 is 0 Å². The van der Waals surface area contributed by atoms with Crippen molar-refractivity contribution in [1.82, 2.24) is 20.1 Å². The highest BCUT2D eigenvalue weighted by Gasteiger charge is 2.08. The zero-order valence-electron chi connectivity index (χ0n) is 10.3. The minimum atomic E-state index is -0.183. The number of pyridine rings is 1. The van der Waals surface area contributed by atoms with Crippen LogP contribution in [0, 0.1) is 6.92 Å². The van der Waals surface area contributed by atoms with Gasteiger partial charge >= 0.3 is 0 Å². The molecule has 6 nitrogen and oxygen atoms in total. The molecule has 1 amide bonds. The lowest BCUT2D eigenvalue weighted by Crippen LogP contribution is -2.23. The summed E-state index contributed by atoms with van der Waals surface area (Å²) in [5.41, 5.74) is 7.64. The van der Waals surface area contributed by atoms with Gasteiger partial charge in [0.05, 0.1) is 12.2 Å². The summed E-state index contributed by atoms with van der Waals surface area (Å²) < 4.78 is 1.69. The summed E-state index contributed by atoms with van der Waals surface area (Å²) in [4.78, 5) is 15.9. The molecule has 0 unspecified atom stereocenters. The molecule has 0 aliphatic carbocycles. The zero-order chi connectivity index (χ0) is 13.1. The number of anilines is 1. The second-order valence-electron chi connectivity index (χ2n) is 4.09. The Morgan fingerprint density at radius 2 is 2.28 bits per heavy atom. The van der Waals surface area contributed by atoms with Gasteiger partial charge in [0.25, 0.3) is 5.91 Å². The second-order valence-corrected chi connectivity index (χ2v) is 4.09. The third kappa shape index (κ3) is 2.85. The fourth-order valence-corrected chi connectivity index (χ4v) is 1.66. The van der Waals surface area contributed by atoms with Gasteiger partial charge < -0.3 is 11.1 Å². The highest BCUT2D eigenvalue weighted by Crippen LogP contribution is 2.07. The van der Waals surface area contributed by atoms with Crippen LogP contribution in [0.2, 0.25) is 0 Å². The van der Waals surface area contributed by atoms with E-state index in [0.717, 1.165) is 11.4 Å². The lowest BCUT2D eigenvalue weighted by atomic mass is 10.2. The van der Waals surface area contributed by atoms with Crippen LogP contribution in [0.3, 0.4) is 0 Å². The maximum atomic E-state index is 11.9. The predicted molar refractivity (Wildman–Crippen MR) is 67.8 cm³/mol. The number of carbonyl (C=O) groups excluding carboxylic acids is 1. The summed E-state index contributed by atoms with van der Waals surface area (Å²) in [6.07, 6.45) is 1.83. The Morgan fingerprint density at radius 3 is 2.89 bits per heavy atom. The lowest BCUT2D eigenvalue weighted by Gasteiger charge is -2.05. The van der Waals surface area contributed by atoms with Gasteiger partial charge in [0, 0.05) is 24.5 Å². The zero-order valence-corrected chi connectivity index (χ0v) is 10.3. The van der Waals surface area contributed by atoms with E-state index in [4.69, 9.17) is 5.73 Å². The first-order valence-corrected chi connectivity index (χ1v) is 5.55. The van der Waals surface area contributed by atoms with E-state index in [0.29, 0.717) is 17.9 Å². The van der Waals surface area contributed by atoms with Crippen molar-refractivity contribution in [2.24, 2.45) is 7.05 Å². The Bertz CT molecular complexity index is 555. The summed E-state index contributed by atoms with van der Waals surface area (Å²) >= 11 is 0. The van der Waals surface area contributed by atoms with Gasteiger partial charge in [-0.15, -0.1) is 0 Å². The standard InChI is InChI=1S/C12H15N5O/c1-8-5-9(6-11(13)15-8)12(18)14-7-10-3-4-17(2)16-10/h3-6H,7H2,1-2H3,(H2,13,15)(H,14,18). The number of nitrogen functional groups attached to an aromatic ring is 1. The number of aromatic nitrogens is 3. The Labute approximate surface area is 105 Å². The van der Waals surface area contributed by atoms with Gasteiger partial charge in [-0.1, -0.05) is 0 Å². The average molecular weight is 245 g/mol. The van der Waals surface area contributed by atoms with Gasteiger partial charge in [-0.3, -0.25) is 9.48 Å². The molecule has 2 aromatic heterocycles. The molecule has 2 heterocycles. The quantitative estimate of drug-likeness (QED) is 0.830. The van der Waals surface area contributed by atoms with Crippen molar-refractivity contribution in [3.05, 3.63) is 41.3 Å². The van der Waals surface area contributed by atoms with Gasteiger partial charge in [-0.05, 0) is 25.1 Å².